The summed E-state index contributed by atoms with van der Waals surface area (Å²) in [4.78, 5) is 5.20. The molecule has 1 aliphatic heterocycles. The van der Waals surface area contributed by atoms with E-state index in [0.29, 0.717) is 6.10 Å². The van der Waals surface area contributed by atoms with Crippen LogP contribution in [0.15, 0.2) is 0 Å². The van der Waals surface area contributed by atoms with Gasteiger partial charge in [-0.05, 0) is 65.5 Å². The lowest BCUT2D eigenvalue weighted by atomic mass is 9.84. The average molecular weight is 296 g/mol. The minimum Gasteiger partial charge on any atom is -0.381 e. The van der Waals surface area contributed by atoms with Crippen LogP contribution in [0.3, 0.4) is 0 Å². The molecule has 1 heterocycles. The number of unbranched alkanes of at least 4 members (excludes halogenated alkanes) is 1. The van der Waals surface area contributed by atoms with Crippen LogP contribution in [-0.2, 0) is 4.74 Å². The molecule has 2 rings (SSSR count). The van der Waals surface area contributed by atoms with Gasteiger partial charge in [0.05, 0.1) is 6.10 Å². The second-order valence-electron chi connectivity index (χ2n) is 7.53. The first kappa shape index (κ1) is 17.2. The highest BCUT2D eigenvalue weighted by Gasteiger charge is 2.27. The Morgan fingerprint density at radius 3 is 2.14 bits per heavy atom. The maximum atomic E-state index is 5.47. The summed E-state index contributed by atoms with van der Waals surface area (Å²) in [6.07, 6.45) is 10.1. The Morgan fingerprint density at radius 2 is 1.57 bits per heavy atom. The highest BCUT2D eigenvalue weighted by Crippen LogP contribution is 2.29. The van der Waals surface area contributed by atoms with Crippen LogP contribution in [0.5, 0.6) is 0 Å². The Bertz CT molecular complexity index is 277. The van der Waals surface area contributed by atoms with E-state index in [4.69, 9.17) is 4.74 Å². The molecule has 2 aliphatic rings. The van der Waals surface area contributed by atoms with Gasteiger partial charge in [0.25, 0.3) is 0 Å². The van der Waals surface area contributed by atoms with E-state index in [1.807, 2.05) is 7.11 Å². The zero-order chi connectivity index (χ0) is 15.2. The third-order valence-electron chi connectivity index (χ3n) is 5.69. The molecule has 1 aliphatic carbocycles. The summed E-state index contributed by atoms with van der Waals surface area (Å²) in [6.45, 7) is 8.52. The van der Waals surface area contributed by atoms with Crippen LogP contribution in [0.2, 0.25) is 0 Å². The zero-order valence-corrected chi connectivity index (χ0v) is 14.7. The summed E-state index contributed by atoms with van der Waals surface area (Å²) in [6, 6.07) is 1.44. The molecule has 0 unspecified atom stereocenters. The third kappa shape index (κ3) is 5.22. The van der Waals surface area contributed by atoms with Gasteiger partial charge in [0.2, 0.25) is 0 Å². The summed E-state index contributed by atoms with van der Waals surface area (Å²) >= 11 is 0. The maximum Gasteiger partial charge on any atom is 0.0571 e. The molecule has 124 valence electrons. The molecular formula is C18H36N2O. The Hall–Kier alpha value is -0.120. The molecule has 1 saturated carbocycles. The van der Waals surface area contributed by atoms with E-state index in [2.05, 4.69) is 30.7 Å². The van der Waals surface area contributed by atoms with Gasteiger partial charge in [-0.25, -0.2) is 0 Å². The number of hydrogen-bond donors (Lipinski definition) is 0. The maximum absolute atomic E-state index is 5.47. The lowest BCUT2D eigenvalue weighted by Gasteiger charge is -2.43. The van der Waals surface area contributed by atoms with E-state index in [-0.39, 0.29) is 0 Å². The smallest absolute Gasteiger partial charge is 0.0571 e. The quantitative estimate of drug-likeness (QED) is 0.699. The first-order chi connectivity index (χ1) is 10.1. The summed E-state index contributed by atoms with van der Waals surface area (Å²) < 4.78 is 5.47. The number of methoxy groups -OCH3 is 1. The minimum absolute atomic E-state index is 0.549. The molecule has 0 N–H and O–H groups in total. The van der Waals surface area contributed by atoms with Crippen molar-refractivity contribution >= 4 is 0 Å². The molecule has 0 amide bonds. The van der Waals surface area contributed by atoms with Crippen molar-refractivity contribution in [1.82, 2.24) is 9.80 Å². The number of likely N-dealkylation sites (N-methyl/N-ethyl adjacent to an activating group) is 1. The molecule has 2 atom stereocenters. The van der Waals surface area contributed by atoms with E-state index in [1.54, 1.807) is 0 Å². The van der Waals surface area contributed by atoms with E-state index in [1.165, 1.54) is 64.6 Å². The van der Waals surface area contributed by atoms with Crippen molar-refractivity contribution in [2.24, 2.45) is 5.92 Å². The molecular weight excluding hydrogens is 260 g/mol. The molecule has 0 radical (unpaired) electrons. The van der Waals surface area contributed by atoms with E-state index in [0.717, 1.165) is 18.0 Å². The monoisotopic (exact) mass is 296 g/mol. The number of piperazine rings is 1. The van der Waals surface area contributed by atoms with Gasteiger partial charge in [-0.15, -0.1) is 0 Å². The molecule has 21 heavy (non-hydrogen) atoms. The highest BCUT2D eigenvalue weighted by molar-refractivity contribution is 4.83. The number of ether oxygens (including phenoxy) is 1. The van der Waals surface area contributed by atoms with Gasteiger partial charge in [0.15, 0.2) is 0 Å². The third-order valence-corrected chi connectivity index (χ3v) is 5.69. The van der Waals surface area contributed by atoms with Crippen LogP contribution in [-0.4, -0.2) is 61.8 Å². The average Bonchev–Trinajstić information content (AvgIpc) is 2.46. The second-order valence-corrected chi connectivity index (χ2v) is 7.53. The summed E-state index contributed by atoms with van der Waals surface area (Å²) in [5, 5.41) is 0. The van der Waals surface area contributed by atoms with Gasteiger partial charge < -0.3 is 9.64 Å². The number of rotatable bonds is 6. The van der Waals surface area contributed by atoms with Crippen molar-refractivity contribution in [2.75, 3.05) is 33.8 Å². The lowest BCUT2D eigenvalue weighted by molar-refractivity contribution is 0.0475. The van der Waals surface area contributed by atoms with Gasteiger partial charge >= 0.3 is 0 Å². The molecule has 3 heteroatoms. The largest absolute Gasteiger partial charge is 0.381 e. The Kier molecular flexibility index (Phi) is 6.97. The van der Waals surface area contributed by atoms with Crippen LogP contribution in [0.1, 0.15) is 58.8 Å². The molecule has 1 saturated heterocycles. The fourth-order valence-corrected chi connectivity index (χ4v) is 4.45. The SMILES string of the molecule is CO[C@H]1CC[C@H](CCCCN2[C@H](C)CN(C)C[C@@H]2C)CC1. The Balaban J connectivity index is 1.59. The molecule has 3 nitrogen and oxygen atoms in total. The molecule has 0 aromatic rings. The van der Waals surface area contributed by atoms with Gasteiger partial charge in [-0.3, -0.25) is 4.90 Å². The standard InChI is InChI=1S/C18H36N2O/c1-15-13-19(3)14-16(2)20(15)12-6-5-7-17-8-10-18(21-4)11-9-17/h15-18H,5-14H2,1-4H3/t15-,16+,17-,18-. The van der Waals surface area contributed by atoms with Crippen molar-refractivity contribution in [3.05, 3.63) is 0 Å². The van der Waals surface area contributed by atoms with Crippen molar-refractivity contribution in [1.29, 1.82) is 0 Å². The van der Waals surface area contributed by atoms with E-state index in [9.17, 15) is 0 Å². The van der Waals surface area contributed by atoms with Crippen molar-refractivity contribution < 1.29 is 4.74 Å². The van der Waals surface area contributed by atoms with Crippen molar-refractivity contribution in [3.8, 4) is 0 Å². The zero-order valence-electron chi connectivity index (χ0n) is 14.7. The van der Waals surface area contributed by atoms with Gasteiger partial charge in [-0.2, -0.15) is 0 Å². The molecule has 2 fully saturated rings. The minimum atomic E-state index is 0.549. The number of hydrogen-bond acceptors (Lipinski definition) is 3. The van der Waals surface area contributed by atoms with Crippen molar-refractivity contribution in [3.63, 3.8) is 0 Å². The van der Waals surface area contributed by atoms with Gasteiger partial charge in [0, 0.05) is 32.3 Å². The predicted molar refractivity (Wildman–Crippen MR) is 89.7 cm³/mol. The van der Waals surface area contributed by atoms with Crippen LogP contribution >= 0.6 is 0 Å². The Morgan fingerprint density at radius 1 is 0.952 bits per heavy atom. The Labute approximate surface area is 132 Å². The first-order valence-corrected chi connectivity index (χ1v) is 9.07. The summed E-state index contributed by atoms with van der Waals surface area (Å²) in [7, 11) is 4.12. The normalized spacial score (nSPS) is 36.0. The molecule has 0 bridgehead atoms. The summed E-state index contributed by atoms with van der Waals surface area (Å²) in [5.41, 5.74) is 0. The topological polar surface area (TPSA) is 15.7 Å². The summed E-state index contributed by atoms with van der Waals surface area (Å²) in [5.74, 6) is 0.971. The van der Waals surface area contributed by atoms with E-state index < -0.39 is 0 Å². The lowest BCUT2D eigenvalue weighted by Crippen LogP contribution is -2.55. The van der Waals surface area contributed by atoms with Gasteiger partial charge in [-0.1, -0.05) is 12.8 Å². The van der Waals surface area contributed by atoms with Crippen LogP contribution < -0.4 is 0 Å². The van der Waals surface area contributed by atoms with Crippen LogP contribution in [0.4, 0.5) is 0 Å². The molecule has 0 aromatic carbocycles. The van der Waals surface area contributed by atoms with Gasteiger partial charge in [0.1, 0.15) is 0 Å². The molecule has 0 spiro atoms. The fourth-order valence-electron chi connectivity index (χ4n) is 4.45. The number of nitrogens with zero attached hydrogens (tertiary/aromatic N) is 2. The van der Waals surface area contributed by atoms with Crippen LogP contribution in [0, 0.1) is 5.92 Å². The predicted octanol–water partition coefficient (Wildman–Crippen LogP) is 3.39. The molecule has 0 aromatic heterocycles. The van der Waals surface area contributed by atoms with E-state index >= 15 is 0 Å². The van der Waals surface area contributed by atoms with Crippen molar-refractivity contribution in [2.45, 2.75) is 77.0 Å². The fraction of sp³-hybridized carbons (Fsp3) is 1.00. The second kappa shape index (κ2) is 8.50. The van der Waals surface area contributed by atoms with Crippen LogP contribution in [0.25, 0.3) is 0 Å². The first-order valence-electron chi connectivity index (χ1n) is 9.07. The highest BCUT2D eigenvalue weighted by atomic mass is 16.5.